The first-order chi connectivity index (χ1) is 12.5. The van der Waals surface area contributed by atoms with Crippen molar-refractivity contribution in [2.24, 2.45) is 5.73 Å². The first-order valence-electron chi connectivity index (χ1n) is 8.67. The Morgan fingerprint density at radius 3 is 2.62 bits per heavy atom. The minimum Gasteiger partial charge on any atom is -0.365 e. The van der Waals surface area contributed by atoms with Crippen LogP contribution in [0, 0.1) is 0 Å². The summed E-state index contributed by atoms with van der Waals surface area (Å²) in [6, 6.07) is 7.54. The van der Waals surface area contributed by atoms with Crippen LogP contribution in [-0.4, -0.2) is 17.6 Å². The molecule has 2 amide bonds. The molecule has 0 bridgehead atoms. The minimum absolute atomic E-state index is 0.0922. The summed E-state index contributed by atoms with van der Waals surface area (Å²) in [5.41, 5.74) is 7.17. The standard InChI is InChI=1S/C19H21ClN2O2S2/c20-12-6-8-13(9-7-12)25-11-10-16(23)22-19-17(18(21)24)14-4-2-1-3-5-15(14)26-19/h6-9H,1-5,10-11H2,(H2,21,24)(H,22,23). The smallest absolute Gasteiger partial charge is 0.251 e. The van der Waals surface area contributed by atoms with E-state index in [0.717, 1.165) is 36.1 Å². The van der Waals surface area contributed by atoms with Crippen molar-refractivity contribution >= 4 is 51.5 Å². The van der Waals surface area contributed by atoms with E-state index < -0.39 is 5.91 Å². The van der Waals surface area contributed by atoms with E-state index in [9.17, 15) is 9.59 Å². The number of hydrogen-bond donors (Lipinski definition) is 2. The van der Waals surface area contributed by atoms with Gasteiger partial charge in [0.05, 0.1) is 5.56 Å². The van der Waals surface area contributed by atoms with E-state index in [0.29, 0.717) is 27.8 Å². The molecule has 0 spiro atoms. The Kier molecular flexibility index (Phi) is 6.62. The molecule has 0 saturated heterocycles. The van der Waals surface area contributed by atoms with Gasteiger partial charge in [0.25, 0.3) is 5.91 Å². The fourth-order valence-electron chi connectivity index (χ4n) is 3.07. The molecule has 1 heterocycles. The normalized spacial score (nSPS) is 13.7. The van der Waals surface area contributed by atoms with Crippen LogP contribution in [0.3, 0.4) is 0 Å². The Bertz CT molecular complexity index is 803. The molecule has 7 heteroatoms. The zero-order chi connectivity index (χ0) is 18.5. The maximum Gasteiger partial charge on any atom is 0.251 e. The third kappa shape index (κ3) is 4.81. The molecule has 2 aromatic rings. The van der Waals surface area contributed by atoms with Crippen LogP contribution >= 0.6 is 34.7 Å². The monoisotopic (exact) mass is 408 g/mol. The molecule has 3 rings (SSSR count). The van der Waals surface area contributed by atoms with Gasteiger partial charge < -0.3 is 11.1 Å². The number of anilines is 1. The van der Waals surface area contributed by atoms with Crippen molar-refractivity contribution in [1.82, 2.24) is 0 Å². The average molecular weight is 409 g/mol. The number of benzene rings is 1. The first-order valence-corrected chi connectivity index (χ1v) is 10.8. The lowest BCUT2D eigenvalue weighted by Crippen LogP contribution is -2.18. The van der Waals surface area contributed by atoms with Gasteiger partial charge in [-0.05, 0) is 55.5 Å². The van der Waals surface area contributed by atoms with Crippen molar-refractivity contribution in [3.63, 3.8) is 0 Å². The van der Waals surface area contributed by atoms with Gasteiger partial charge in [-0.3, -0.25) is 9.59 Å². The lowest BCUT2D eigenvalue weighted by molar-refractivity contribution is -0.115. The van der Waals surface area contributed by atoms with Crippen LogP contribution in [0.1, 0.15) is 46.5 Å². The van der Waals surface area contributed by atoms with Crippen LogP contribution in [0.25, 0.3) is 0 Å². The second kappa shape index (κ2) is 8.93. The first kappa shape index (κ1) is 19.3. The van der Waals surface area contributed by atoms with Gasteiger partial charge in [0.2, 0.25) is 5.91 Å². The number of halogens is 1. The molecule has 0 saturated carbocycles. The van der Waals surface area contributed by atoms with E-state index in [1.54, 1.807) is 11.8 Å². The zero-order valence-corrected chi connectivity index (χ0v) is 16.7. The lowest BCUT2D eigenvalue weighted by atomic mass is 10.1. The number of nitrogens with one attached hydrogen (secondary N) is 1. The Morgan fingerprint density at radius 2 is 1.88 bits per heavy atom. The number of primary amides is 1. The van der Waals surface area contributed by atoms with E-state index in [-0.39, 0.29) is 5.91 Å². The van der Waals surface area contributed by atoms with Crippen molar-refractivity contribution in [2.75, 3.05) is 11.1 Å². The Balaban J connectivity index is 1.61. The summed E-state index contributed by atoms with van der Waals surface area (Å²) >= 11 is 8.98. The Morgan fingerprint density at radius 1 is 1.15 bits per heavy atom. The van der Waals surface area contributed by atoms with Crippen molar-refractivity contribution in [2.45, 2.75) is 43.4 Å². The van der Waals surface area contributed by atoms with Gasteiger partial charge in [-0.25, -0.2) is 0 Å². The summed E-state index contributed by atoms with van der Waals surface area (Å²) in [4.78, 5) is 26.5. The third-order valence-electron chi connectivity index (χ3n) is 4.33. The number of carbonyl (C=O) groups excluding carboxylic acids is 2. The summed E-state index contributed by atoms with van der Waals surface area (Å²) in [5, 5.41) is 4.22. The van der Waals surface area contributed by atoms with Gasteiger partial charge in [-0.1, -0.05) is 18.0 Å². The molecule has 1 aromatic carbocycles. The summed E-state index contributed by atoms with van der Waals surface area (Å²) in [5.74, 6) is 0.116. The van der Waals surface area contributed by atoms with Crippen LogP contribution in [0.5, 0.6) is 0 Å². The predicted molar refractivity (Wildman–Crippen MR) is 110 cm³/mol. The van der Waals surface area contributed by atoms with Crippen LogP contribution in [0.15, 0.2) is 29.2 Å². The van der Waals surface area contributed by atoms with Gasteiger partial charge >= 0.3 is 0 Å². The lowest BCUT2D eigenvalue weighted by Gasteiger charge is -2.06. The summed E-state index contributed by atoms with van der Waals surface area (Å²) in [6.45, 7) is 0. The molecular weight excluding hydrogens is 388 g/mol. The molecule has 0 unspecified atom stereocenters. The second-order valence-electron chi connectivity index (χ2n) is 6.23. The number of carbonyl (C=O) groups is 2. The Hall–Kier alpha value is -1.50. The molecule has 1 aliphatic rings. The molecular formula is C19H21ClN2O2S2. The van der Waals surface area contributed by atoms with Crippen molar-refractivity contribution in [3.05, 3.63) is 45.3 Å². The highest BCUT2D eigenvalue weighted by atomic mass is 35.5. The molecule has 1 aliphatic carbocycles. The van der Waals surface area contributed by atoms with Crippen molar-refractivity contribution in [3.8, 4) is 0 Å². The number of thiophene rings is 1. The van der Waals surface area contributed by atoms with E-state index in [1.807, 2.05) is 24.3 Å². The highest BCUT2D eigenvalue weighted by Crippen LogP contribution is 2.37. The maximum absolute atomic E-state index is 12.3. The molecule has 3 N–H and O–H groups in total. The van der Waals surface area contributed by atoms with Crippen molar-refractivity contribution < 1.29 is 9.59 Å². The molecule has 0 fully saturated rings. The fourth-order valence-corrected chi connectivity index (χ4v) is 5.36. The van der Waals surface area contributed by atoms with Gasteiger partial charge in [-0.2, -0.15) is 0 Å². The van der Waals surface area contributed by atoms with Gasteiger partial charge in [-0.15, -0.1) is 23.1 Å². The SMILES string of the molecule is NC(=O)c1c(NC(=O)CCSc2ccc(Cl)cc2)sc2c1CCCCC2. The minimum atomic E-state index is -0.449. The van der Waals surface area contributed by atoms with E-state index in [1.165, 1.54) is 22.6 Å². The molecule has 26 heavy (non-hydrogen) atoms. The van der Waals surface area contributed by atoms with Crippen molar-refractivity contribution in [1.29, 1.82) is 0 Å². The number of thioether (sulfide) groups is 1. The number of amides is 2. The number of nitrogens with two attached hydrogens (primary N) is 1. The summed E-state index contributed by atoms with van der Waals surface area (Å²) in [7, 11) is 0. The molecule has 1 aromatic heterocycles. The van der Waals surface area contributed by atoms with Crippen LogP contribution in [0.4, 0.5) is 5.00 Å². The number of rotatable bonds is 6. The van der Waals surface area contributed by atoms with Gasteiger partial charge in [0.1, 0.15) is 5.00 Å². The highest BCUT2D eigenvalue weighted by Gasteiger charge is 2.24. The zero-order valence-electron chi connectivity index (χ0n) is 14.3. The number of fused-ring (bicyclic) bond motifs is 1. The second-order valence-corrected chi connectivity index (χ2v) is 8.94. The van der Waals surface area contributed by atoms with E-state index in [4.69, 9.17) is 17.3 Å². The van der Waals surface area contributed by atoms with Crippen LogP contribution < -0.4 is 11.1 Å². The number of aryl methyl sites for hydroxylation is 1. The van der Waals surface area contributed by atoms with Crippen LogP contribution in [-0.2, 0) is 17.6 Å². The quantitative estimate of drug-likeness (QED) is 0.528. The Labute approximate surface area is 166 Å². The molecule has 138 valence electrons. The molecule has 0 aliphatic heterocycles. The van der Waals surface area contributed by atoms with Gasteiger partial charge in [0, 0.05) is 27.0 Å². The largest absolute Gasteiger partial charge is 0.365 e. The maximum atomic E-state index is 12.3. The topological polar surface area (TPSA) is 72.2 Å². The summed E-state index contributed by atoms with van der Waals surface area (Å²) in [6.07, 6.45) is 5.55. The highest BCUT2D eigenvalue weighted by molar-refractivity contribution is 7.99. The molecule has 4 nitrogen and oxygen atoms in total. The van der Waals surface area contributed by atoms with Gasteiger partial charge in [0.15, 0.2) is 0 Å². The summed E-state index contributed by atoms with van der Waals surface area (Å²) < 4.78 is 0. The third-order valence-corrected chi connectivity index (χ3v) is 6.81. The van der Waals surface area contributed by atoms with Crippen LogP contribution in [0.2, 0.25) is 5.02 Å². The predicted octanol–water partition coefficient (Wildman–Crippen LogP) is 4.89. The molecule has 0 radical (unpaired) electrons. The fraction of sp³-hybridized carbons (Fsp3) is 0.368. The van der Waals surface area contributed by atoms with E-state index >= 15 is 0 Å². The molecule has 0 atom stereocenters. The van der Waals surface area contributed by atoms with E-state index in [2.05, 4.69) is 5.32 Å². The average Bonchev–Trinajstić information content (AvgIpc) is 2.78. The number of hydrogen-bond acceptors (Lipinski definition) is 4.